The van der Waals surface area contributed by atoms with Gasteiger partial charge in [-0.05, 0) is 24.1 Å². The Morgan fingerprint density at radius 2 is 2.10 bits per heavy atom. The highest BCUT2D eigenvalue weighted by molar-refractivity contribution is 9.09. The summed E-state index contributed by atoms with van der Waals surface area (Å²) in [6, 6.07) is 5.48. The molecule has 3 nitrogen and oxygen atoms in total. The molecule has 118 valence electrons. The first-order valence-electron chi connectivity index (χ1n) is 7.22. The topological polar surface area (TPSA) is 35.5 Å². The van der Waals surface area contributed by atoms with Crippen LogP contribution < -0.4 is 10.2 Å². The van der Waals surface area contributed by atoms with E-state index in [1.165, 1.54) is 0 Å². The Morgan fingerprint density at radius 3 is 2.71 bits per heavy atom. The van der Waals surface area contributed by atoms with Gasteiger partial charge >= 0.3 is 0 Å². The normalized spacial score (nSPS) is 18.6. The first-order chi connectivity index (χ1) is 10.1. The van der Waals surface area contributed by atoms with E-state index < -0.39 is 5.13 Å². The number of rotatable bonds is 6. The maximum absolute atomic E-state index is 14.5. The van der Waals surface area contributed by atoms with Crippen LogP contribution in [0, 0.1) is 0 Å². The summed E-state index contributed by atoms with van der Waals surface area (Å²) in [5.74, 6) is 0. The Kier molecular flexibility index (Phi) is 6.29. The number of alkyl halides is 3. The molecule has 6 heteroatoms. The first kappa shape index (κ1) is 17.0. The lowest BCUT2D eigenvalue weighted by Crippen LogP contribution is -2.44. The summed E-state index contributed by atoms with van der Waals surface area (Å²) >= 11 is 9.22. The van der Waals surface area contributed by atoms with Gasteiger partial charge in [-0.25, -0.2) is 4.39 Å². The number of hydrogen-bond acceptors (Lipinski definition) is 3. The van der Waals surface area contributed by atoms with E-state index in [0.717, 1.165) is 37.4 Å². The molecule has 21 heavy (non-hydrogen) atoms. The number of halogens is 3. The highest BCUT2D eigenvalue weighted by atomic mass is 79.9. The van der Waals surface area contributed by atoms with Crippen LogP contribution in [0.4, 0.5) is 10.1 Å². The van der Waals surface area contributed by atoms with Crippen molar-refractivity contribution >= 4 is 33.2 Å². The van der Waals surface area contributed by atoms with Gasteiger partial charge in [0.15, 0.2) is 0 Å². The number of aliphatic hydroxyl groups excluding tert-OH is 1. The number of hydrogen-bond donors (Lipinski definition) is 2. The number of benzene rings is 1. The van der Waals surface area contributed by atoms with E-state index in [0.29, 0.717) is 17.3 Å². The predicted octanol–water partition coefficient (Wildman–Crippen LogP) is 2.78. The average molecular weight is 380 g/mol. The van der Waals surface area contributed by atoms with Crippen molar-refractivity contribution in [3.63, 3.8) is 0 Å². The van der Waals surface area contributed by atoms with Crippen molar-refractivity contribution in [3.05, 3.63) is 29.3 Å². The summed E-state index contributed by atoms with van der Waals surface area (Å²) in [7, 11) is 0. The second-order valence-electron chi connectivity index (χ2n) is 5.20. The molecule has 1 aromatic carbocycles. The van der Waals surface area contributed by atoms with Gasteiger partial charge in [0, 0.05) is 55.8 Å². The molecule has 1 aliphatic rings. The molecule has 1 atom stereocenters. The third-order valence-electron chi connectivity index (χ3n) is 3.75. The standard InChI is InChI=1S/C15H21BrClFN2O/c16-5-4-15(17,18)13-1-2-14(12(11-13)3-10-21)20-8-6-19-7-9-20/h1-2,11,19,21H,3-10H2. The quantitative estimate of drug-likeness (QED) is 0.746. The Labute approximate surface area is 138 Å². The molecule has 0 saturated carbocycles. The molecule has 1 saturated heterocycles. The van der Waals surface area contributed by atoms with Crippen LogP contribution in [-0.2, 0) is 11.5 Å². The molecule has 0 bridgehead atoms. The van der Waals surface area contributed by atoms with Crippen LogP contribution in [0.3, 0.4) is 0 Å². The smallest absolute Gasteiger partial charge is 0.209 e. The van der Waals surface area contributed by atoms with Crippen molar-refractivity contribution in [1.82, 2.24) is 5.32 Å². The minimum absolute atomic E-state index is 0.0442. The number of piperazine rings is 1. The number of anilines is 1. The van der Waals surface area contributed by atoms with Gasteiger partial charge in [-0.1, -0.05) is 33.6 Å². The zero-order valence-electron chi connectivity index (χ0n) is 11.9. The molecule has 0 radical (unpaired) electrons. The fourth-order valence-corrected chi connectivity index (χ4v) is 3.60. The third-order valence-corrected chi connectivity index (χ3v) is 4.55. The number of nitrogens with one attached hydrogen (secondary N) is 1. The van der Waals surface area contributed by atoms with Gasteiger partial charge in [-0.2, -0.15) is 0 Å². The Balaban J connectivity index is 2.29. The van der Waals surface area contributed by atoms with Crippen LogP contribution in [0.25, 0.3) is 0 Å². The summed E-state index contributed by atoms with van der Waals surface area (Å²) < 4.78 is 14.5. The summed E-state index contributed by atoms with van der Waals surface area (Å²) in [6.45, 7) is 3.75. The first-order valence-corrected chi connectivity index (χ1v) is 8.72. The van der Waals surface area contributed by atoms with Crippen LogP contribution in [0.5, 0.6) is 0 Å². The van der Waals surface area contributed by atoms with E-state index in [1.807, 2.05) is 6.07 Å². The summed E-state index contributed by atoms with van der Waals surface area (Å²) in [4.78, 5) is 2.27. The van der Waals surface area contributed by atoms with Gasteiger partial charge in [0.1, 0.15) is 0 Å². The predicted molar refractivity (Wildman–Crippen MR) is 89.4 cm³/mol. The van der Waals surface area contributed by atoms with Gasteiger partial charge in [-0.3, -0.25) is 0 Å². The molecule has 2 rings (SSSR count). The van der Waals surface area contributed by atoms with Gasteiger partial charge in [0.2, 0.25) is 5.13 Å². The van der Waals surface area contributed by atoms with E-state index in [1.54, 1.807) is 12.1 Å². The molecule has 1 fully saturated rings. The van der Waals surface area contributed by atoms with Crippen LogP contribution in [0.1, 0.15) is 17.5 Å². The summed E-state index contributed by atoms with van der Waals surface area (Å²) in [5.41, 5.74) is 2.49. The largest absolute Gasteiger partial charge is 0.396 e. The lowest BCUT2D eigenvalue weighted by molar-refractivity contribution is 0.277. The lowest BCUT2D eigenvalue weighted by atomic mass is 10.0. The Hall–Kier alpha value is -0.360. The fourth-order valence-electron chi connectivity index (χ4n) is 2.61. The highest BCUT2D eigenvalue weighted by Gasteiger charge is 2.29. The van der Waals surface area contributed by atoms with Crippen molar-refractivity contribution < 1.29 is 9.50 Å². The van der Waals surface area contributed by atoms with E-state index in [-0.39, 0.29) is 13.0 Å². The summed E-state index contributed by atoms with van der Waals surface area (Å²) in [6.07, 6.45) is 0.717. The molecule has 0 aromatic heterocycles. The van der Waals surface area contributed by atoms with Crippen LogP contribution in [0.2, 0.25) is 0 Å². The molecule has 1 aliphatic heterocycles. The van der Waals surface area contributed by atoms with E-state index in [4.69, 9.17) is 11.6 Å². The number of aliphatic hydroxyl groups is 1. The zero-order chi connectivity index (χ0) is 15.3. The molecule has 1 aromatic rings. The third kappa shape index (κ3) is 4.31. The van der Waals surface area contributed by atoms with Gasteiger partial charge in [-0.15, -0.1) is 0 Å². The molecular weight excluding hydrogens is 359 g/mol. The van der Waals surface area contributed by atoms with Gasteiger partial charge in [0.25, 0.3) is 0 Å². The second-order valence-corrected chi connectivity index (χ2v) is 6.59. The zero-order valence-corrected chi connectivity index (χ0v) is 14.3. The fraction of sp³-hybridized carbons (Fsp3) is 0.600. The Morgan fingerprint density at radius 1 is 1.38 bits per heavy atom. The Bertz CT molecular complexity index is 467. The average Bonchev–Trinajstić information content (AvgIpc) is 2.48. The van der Waals surface area contributed by atoms with Crippen LogP contribution >= 0.6 is 27.5 Å². The van der Waals surface area contributed by atoms with Crippen molar-refractivity contribution in [2.45, 2.75) is 18.0 Å². The maximum atomic E-state index is 14.5. The van der Waals surface area contributed by atoms with Crippen molar-refractivity contribution in [3.8, 4) is 0 Å². The van der Waals surface area contributed by atoms with Crippen LogP contribution in [-0.4, -0.2) is 43.2 Å². The van der Waals surface area contributed by atoms with Crippen LogP contribution in [0.15, 0.2) is 18.2 Å². The molecule has 0 amide bonds. The molecule has 2 N–H and O–H groups in total. The molecule has 0 spiro atoms. The minimum atomic E-state index is -1.87. The number of nitrogens with zero attached hydrogens (tertiary/aromatic N) is 1. The lowest BCUT2D eigenvalue weighted by Gasteiger charge is -2.32. The van der Waals surface area contributed by atoms with Crippen molar-refractivity contribution in [2.75, 3.05) is 43.0 Å². The highest BCUT2D eigenvalue weighted by Crippen LogP contribution is 2.37. The van der Waals surface area contributed by atoms with E-state index in [9.17, 15) is 9.50 Å². The molecule has 0 aliphatic carbocycles. The van der Waals surface area contributed by atoms with Gasteiger partial charge < -0.3 is 15.3 Å². The summed E-state index contributed by atoms with van der Waals surface area (Å²) in [5, 5.41) is 11.2. The second kappa shape index (κ2) is 7.77. The molecular formula is C15H21BrClFN2O. The molecule has 1 heterocycles. The van der Waals surface area contributed by atoms with Crippen molar-refractivity contribution in [2.24, 2.45) is 0 Å². The van der Waals surface area contributed by atoms with Gasteiger partial charge in [0.05, 0.1) is 0 Å². The minimum Gasteiger partial charge on any atom is -0.396 e. The maximum Gasteiger partial charge on any atom is 0.209 e. The van der Waals surface area contributed by atoms with E-state index in [2.05, 4.69) is 26.1 Å². The molecule has 1 unspecified atom stereocenters. The monoisotopic (exact) mass is 378 g/mol. The van der Waals surface area contributed by atoms with Crippen molar-refractivity contribution in [1.29, 1.82) is 0 Å². The SMILES string of the molecule is OCCc1cc(C(F)(Cl)CCBr)ccc1N1CCNCC1. The van der Waals surface area contributed by atoms with E-state index >= 15 is 0 Å².